The van der Waals surface area contributed by atoms with Crippen LogP contribution in [0.15, 0.2) is 24.3 Å². The Balaban J connectivity index is 2.19. The Labute approximate surface area is 134 Å². The Morgan fingerprint density at radius 1 is 1.05 bits per heavy atom. The van der Waals surface area contributed by atoms with Crippen molar-refractivity contribution in [3.8, 4) is 0 Å². The highest BCUT2D eigenvalue weighted by Gasteiger charge is 2.51. The Bertz CT molecular complexity index is 542. The van der Waals surface area contributed by atoms with Crippen LogP contribution in [0.1, 0.15) is 60.5 Å². The van der Waals surface area contributed by atoms with Crippen LogP contribution < -0.4 is 5.46 Å². The van der Waals surface area contributed by atoms with E-state index in [9.17, 15) is 4.79 Å². The normalized spacial score (nSPS) is 20.2. The zero-order valence-electron chi connectivity index (χ0n) is 14.8. The average Bonchev–Trinajstić information content (AvgIpc) is 2.57. The summed E-state index contributed by atoms with van der Waals surface area (Å²) >= 11 is 0. The van der Waals surface area contributed by atoms with Crippen molar-refractivity contribution in [2.24, 2.45) is 0 Å². The summed E-state index contributed by atoms with van der Waals surface area (Å²) in [5.41, 5.74) is 1.36. The van der Waals surface area contributed by atoms with Gasteiger partial charge in [-0.2, -0.15) is 0 Å². The van der Waals surface area contributed by atoms with Gasteiger partial charge in [-0.05, 0) is 51.1 Å². The Morgan fingerprint density at radius 3 is 1.91 bits per heavy atom. The lowest BCUT2D eigenvalue weighted by molar-refractivity contribution is -0.118. The van der Waals surface area contributed by atoms with E-state index in [0.29, 0.717) is 6.42 Å². The van der Waals surface area contributed by atoms with E-state index in [1.165, 1.54) is 0 Å². The molecule has 120 valence electrons. The summed E-state index contributed by atoms with van der Waals surface area (Å²) in [6.07, 6.45) is 0.544. The molecule has 0 radical (unpaired) electrons. The minimum Gasteiger partial charge on any atom is -0.399 e. The number of hydrogen-bond acceptors (Lipinski definition) is 3. The molecule has 0 atom stereocenters. The fourth-order valence-electron chi connectivity index (χ4n) is 2.80. The van der Waals surface area contributed by atoms with Crippen molar-refractivity contribution < 1.29 is 14.1 Å². The number of carbonyl (C=O) groups excluding carboxylic acids is 1. The molecule has 0 bridgehead atoms. The van der Waals surface area contributed by atoms with Crippen molar-refractivity contribution in [2.45, 2.75) is 71.5 Å². The maximum atomic E-state index is 11.4. The Morgan fingerprint density at radius 2 is 1.50 bits per heavy atom. The molecule has 22 heavy (non-hydrogen) atoms. The first-order chi connectivity index (χ1) is 9.95. The summed E-state index contributed by atoms with van der Waals surface area (Å²) in [6.45, 7) is 14.0. The summed E-state index contributed by atoms with van der Waals surface area (Å²) in [4.78, 5) is 11.4. The summed E-state index contributed by atoms with van der Waals surface area (Å²) in [5, 5.41) is 0. The standard InChI is InChI=1S/C18H27BO3/c1-13(20)12-16(2,3)14-8-10-15(11-9-14)19-21-17(4,5)18(6,7)22-19/h8-11H,12H2,1-7H3. The molecule has 0 aromatic heterocycles. The first kappa shape index (κ1) is 17.2. The lowest BCUT2D eigenvalue weighted by atomic mass is 9.75. The predicted octanol–water partition coefficient (Wildman–Crippen LogP) is 3.24. The molecule has 3 nitrogen and oxygen atoms in total. The van der Waals surface area contributed by atoms with Gasteiger partial charge in [-0.1, -0.05) is 38.1 Å². The molecule has 1 saturated heterocycles. The molecule has 0 unspecified atom stereocenters. The van der Waals surface area contributed by atoms with E-state index in [1.54, 1.807) is 6.92 Å². The maximum absolute atomic E-state index is 11.4. The molecule has 0 saturated carbocycles. The van der Waals surface area contributed by atoms with Gasteiger partial charge in [-0.15, -0.1) is 0 Å². The van der Waals surface area contributed by atoms with Crippen LogP contribution in [0.4, 0.5) is 0 Å². The highest BCUT2D eigenvalue weighted by atomic mass is 16.7. The maximum Gasteiger partial charge on any atom is 0.494 e. The van der Waals surface area contributed by atoms with Crippen LogP contribution in [0.2, 0.25) is 0 Å². The van der Waals surface area contributed by atoms with Crippen molar-refractivity contribution >= 4 is 18.4 Å². The molecule has 1 aliphatic heterocycles. The van der Waals surface area contributed by atoms with E-state index in [-0.39, 0.29) is 29.5 Å². The first-order valence-electron chi connectivity index (χ1n) is 7.90. The van der Waals surface area contributed by atoms with E-state index in [1.807, 2.05) is 12.1 Å². The predicted molar refractivity (Wildman–Crippen MR) is 90.5 cm³/mol. The number of ketones is 1. The van der Waals surface area contributed by atoms with E-state index in [0.717, 1.165) is 11.0 Å². The number of carbonyl (C=O) groups is 1. The van der Waals surface area contributed by atoms with Gasteiger partial charge < -0.3 is 9.31 Å². The monoisotopic (exact) mass is 302 g/mol. The summed E-state index contributed by atoms with van der Waals surface area (Å²) in [5.74, 6) is 0.208. The SMILES string of the molecule is CC(=O)CC(C)(C)c1ccc(B2OC(C)(C)C(C)(C)O2)cc1. The Hall–Kier alpha value is -1.13. The van der Waals surface area contributed by atoms with Gasteiger partial charge in [0.2, 0.25) is 0 Å². The van der Waals surface area contributed by atoms with Gasteiger partial charge in [0.05, 0.1) is 11.2 Å². The second kappa shape index (κ2) is 5.50. The molecule has 0 N–H and O–H groups in total. The number of rotatable bonds is 4. The van der Waals surface area contributed by atoms with Gasteiger partial charge in [0.15, 0.2) is 0 Å². The van der Waals surface area contributed by atoms with Crippen molar-refractivity contribution in [2.75, 3.05) is 0 Å². The highest BCUT2D eigenvalue weighted by molar-refractivity contribution is 6.62. The largest absolute Gasteiger partial charge is 0.494 e. The zero-order valence-corrected chi connectivity index (χ0v) is 14.8. The minimum absolute atomic E-state index is 0.152. The van der Waals surface area contributed by atoms with E-state index < -0.39 is 0 Å². The van der Waals surface area contributed by atoms with Gasteiger partial charge in [0, 0.05) is 6.42 Å². The van der Waals surface area contributed by atoms with Crippen LogP contribution >= 0.6 is 0 Å². The van der Waals surface area contributed by atoms with Crippen LogP contribution in [0, 0.1) is 0 Å². The zero-order chi connectivity index (χ0) is 16.8. The molecule has 0 amide bonds. The minimum atomic E-state index is -0.338. The van der Waals surface area contributed by atoms with Gasteiger partial charge in [-0.25, -0.2) is 0 Å². The van der Waals surface area contributed by atoms with Crippen LogP contribution in [0.3, 0.4) is 0 Å². The van der Waals surface area contributed by atoms with E-state index in [2.05, 4.69) is 53.7 Å². The van der Waals surface area contributed by atoms with Crippen molar-refractivity contribution in [1.29, 1.82) is 0 Å². The third-order valence-corrected chi connectivity index (χ3v) is 4.91. The fraction of sp³-hybridized carbons (Fsp3) is 0.611. The van der Waals surface area contributed by atoms with Crippen molar-refractivity contribution in [3.05, 3.63) is 29.8 Å². The summed E-state index contributed by atoms with van der Waals surface area (Å²) in [6, 6.07) is 8.23. The molecule has 1 aliphatic rings. The lowest BCUT2D eigenvalue weighted by Gasteiger charge is -2.32. The quantitative estimate of drug-likeness (QED) is 0.801. The molecule has 0 aliphatic carbocycles. The number of Topliss-reactive ketones (excluding diaryl/α,β-unsaturated/α-hetero) is 1. The number of benzene rings is 1. The van der Waals surface area contributed by atoms with E-state index in [4.69, 9.17) is 9.31 Å². The van der Waals surface area contributed by atoms with E-state index >= 15 is 0 Å². The molecule has 1 aromatic carbocycles. The van der Waals surface area contributed by atoms with Gasteiger partial charge in [0.25, 0.3) is 0 Å². The third kappa shape index (κ3) is 3.28. The second-order valence-corrected chi connectivity index (χ2v) is 7.97. The van der Waals surface area contributed by atoms with Crippen LogP contribution in [0.25, 0.3) is 0 Å². The lowest BCUT2D eigenvalue weighted by Crippen LogP contribution is -2.41. The highest BCUT2D eigenvalue weighted by Crippen LogP contribution is 2.36. The smallest absolute Gasteiger partial charge is 0.399 e. The van der Waals surface area contributed by atoms with Gasteiger partial charge in [0.1, 0.15) is 5.78 Å². The summed E-state index contributed by atoms with van der Waals surface area (Å²) < 4.78 is 12.1. The van der Waals surface area contributed by atoms with Crippen molar-refractivity contribution in [3.63, 3.8) is 0 Å². The third-order valence-electron chi connectivity index (χ3n) is 4.91. The second-order valence-electron chi connectivity index (χ2n) is 7.97. The fourth-order valence-corrected chi connectivity index (χ4v) is 2.80. The molecule has 0 spiro atoms. The van der Waals surface area contributed by atoms with Crippen LogP contribution in [0.5, 0.6) is 0 Å². The molecule has 4 heteroatoms. The van der Waals surface area contributed by atoms with Crippen LogP contribution in [-0.2, 0) is 19.5 Å². The molecule has 1 fully saturated rings. The van der Waals surface area contributed by atoms with Gasteiger partial charge in [-0.3, -0.25) is 4.79 Å². The van der Waals surface area contributed by atoms with Gasteiger partial charge >= 0.3 is 7.12 Å². The first-order valence-corrected chi connectivity index (χ1v) is 7.90. The molecular formula is C18H27BO3. The summed E-state index contributed by atoms with van der Waals surface area (Å²) in [7, 11) is -0.338. The molecule has 2 rings (SSSR count). The topological polar surface area (TPSA) is 35.5 Å². The number of hydrogen-bond donors (Lipinski definition) is 0. The molecule has 1 aromatic rings. The molecule has 1 heterocycles. The molecular weight excluding hydrogens is 275 g/mol. The Kier molecular flexibility index (Phi) is 4.31. The average molecular weight is 302 g/mol. The van der Waals surface area contributed by atoms with Crippen molar-refractivity contribution in [1.82, 2.24) is 0 Å². The van der Waals surface area contributed by atoms with Crippen LogP contribution in [-0.4, -0.2) is 24.1 Å².